The van der Waals surface area contributed by atoms with Crippen molar-refractivity contribution >= 4 is 29.2 Å². The van der Waals surface area contributed by atoms with Gasteiger partial charge in [0, 0.05) is 43.6 Å². The molecule has 3 atom stereocenters. The zero-order valence-corrected chi connectivity index (χ0v) is 23.3. The number of nitrogens with one attached hydrogen (secondary N) is 2. The number of Topliss-reactive ketones (excluding diaryl/α,β-unsaturated/α-hetero) is 1. The minimum atomic E-state index is -0.296. The lowest BCUT2D eigenvalue weighted by molar-refractivity contribution is -0.125. The van der Waals surface area contributed by atoms with Crippen LogP contribution in [0.4, 0.5) is 11.9 Å². The summed E-state index contributed by atoms with van der Waals surface area (Å²) in [6, 6.07) is 8.11. The van der Waals surface area contributed by atoms with Gasteiger partial charge in [-0.1, -0.05) is 44.7 Å². The van der Waals surface area contributed by atoms with E-state index in [0.29, 0.717) is 50.8 Å². The Morgan fingerprint density at radius 3 is 2.80 bits per heavy atom. The number of nitrogens with zero attached hydrogens (tertiary/aromatic N) is 5. The van der Waals surface area contributed by atoms with Gasteiger partial charge in [-0.2, -0.15) is 19.6 Å². The van der Waals surface area contributed by atoms with Gasteiger partial charge in [-0.15, -0.1) is 0 Å². The molecule has 1 aliphatic carbocycles. The Labute approximate surface area is 234 Å². The third-order valence-electron chi connectivity index (χ3n) is 7.95. The first-order valence-electron chi connectivity index (χ1n) is 14.3. The van der Waals surface area contributed by atoms with Crippen LogP contribution in [0.1, 0.15) is 68.6 Å². The van der Waals surface area contributed by atoms with Crippen LogP contribution in [0.5, 0.6) is 0 Å². The second kappa shape index (κ2) is 12.2. The Morgan fingerprint density at radius 2 is 2.02 bits per heavy atom. The Bertz CT molecular complexity index is 1380. The molecule has 5 rings (SSSR count). The van der Waals surface area contributed by atoms with Crippen LogP contribution in [-0.4, -0.2) is 66.5 Å². The number of aliphatic hydroxyl groups is 1. The summed E-state index contributed by atoms with van der Waals surface area (Å²) in [7, 11) is 0. The van der Waals surface area contributed by atoms with Crippen LogP contribution in [0, 0.1) is 5.92 Å². The van der Waals surface area contributed by atoms with E-state index in [4.69, 9.17) is 9.97 Å². The van der Waals surface area contributed by atoms with Gasteiger partial charge in [-0.05, 0) is 55.2 Å². The molecule has 0 bridgehead atoms. The fourth-order valence-corrected chi connectivity index (χ4v) is 5.69. The van der Waals surface area contributed by atoms with E-state index in [-0.39, 0.29) is 35.7 Å². The molecule has 1 aliphatic heterocycles. The third kappa shape index (κ3) is 6.33. The normalized spacial score (nSPS) is 21.1. The summed E-state index contributed by atoms with van der Waals surface area (Å²) >= 11 is 0. The topological polar surface area (TPSA) is 125 Å². The SMILES string of the molecule is C=CC(=O)N1CCC(C(=O)Cc2cccc(CNc3nc(NC4CCCC(O)C4)nc4c(C(C)C)cnn34)c2)C1. The fraction of sp³-hybridized carbons (Fsp3) is 0.500. The number of benzene rings is 1. The number of hydrogen-bond donors (Lipinski definition) is 3. The van der Waals surface area contributed by atoms with E-state index in [1.165, 1.54) is 6.08 Å². The lowest BCUT2D eigenvalue weighted by Gasteiger charge is -2.26. The van der Waals surface area contributed by atoms with E-state index in [0.717, 1.165) is 41.6 Å². The van der Waals surface area contributed by atoms with Gasteiger partial charge in [0.05, 0.1) is 12.3 Å². The number of aromatic nitrogens is 4. The van der Waals surface area contributed by atoms with E-state index in [1.54, 1.807) is 9.42 Å². The summed E-state index contributed by atoms with van der Waals surface area (Å²) in [5.41, 5.74) is 3.77. The van der Waals surface area contributed by atoms with E-state index >= 15 is 0 Å². The largest absolute Gasteiger partial charge is 0.393 e. The van der Waals surface area contributed by atoms with Crippen LogP contribution < -0.4 is 10.6 Å². The molecule has 40 heavy (non-hydrogen) atoms. The Hall–Kier alpha value is -3.79. The van der Waals surface area contributed by atoms with Crippen molar-refractivity contribution in [3.8, 4) is 0 Å². The number of likely N-dealkylation sites (tertiary alicyclic amines) is 1. The lowest BCUT2D eigenvalue weighted by atomic mass is 9.93. The maximum atomic E-state index is 13.0. The van der Waals surface area contributed by atoms with Crippen molar-refractivity contribution in [1.82, 2.24) is 24.5 Å². The van der Waals surface area contributed by atoms with Crippen molar-refractivity contribution in [2.24, 2.45) is 5.92 Å². The number of fused-ring (bicyclic) bond motifs is 1. The van der Waals surface area contributed by atoms with Crippen LogP contribution in [0.2, 0.25) is 0 Å². The van der Waals surface area contributed by atoms with Gasteiger partial charge in [-0.25, -0.2) is 0 Å². The molecule has 1 saturated carbocycles. The zero-order valence-electron chi connectivity index (χ0n) is 23.3. The van der Waals surface area contributed by atoms with Crippen LogP contribution in [0.25, 0.3) is 5.65 Å². The van der Waals surface area contributed by atoms with Gasteiger partial charge < -0.3 is 20.6 Å². The molecule has 2 aliphatic rings. The number of amides is 1. The van der Waals surface area contributed by atoms with Gasteiger partial charge in [0.1, 0.15) is 5.78 Å². The summed E-state index contributed by atoms with van der Waals surface area (Å²) in [5, 5.41) is 21.5. The third-order valence-corrected chi connectivity index (χ3v) is 7.95. The highest BCUT2D eigenvalue weighted by molar-refractivity contribution is 5.89. The lowest BCUT2D eigenvalue weighted by Crippen LogP contribution is -2.30. The van der Waals surface area contributed by atoms with Crippen molar-refractivity contribution in [1.29, 1.82) is 0 Å². The molecule has 10 nitrogen and oxygen atoms in total. The number of carbonyl (C=O) groups excluding carboxylic acids is 2. The fourth-order valence-electron chi connectivity index (χ4n) is 5.69. The molecule has 1 saturated heterocycles. The molecule has 3 N–H and O–H groups in total. The van der Waals surface area contributed by atoms with Gasteiger partial charge >= 0.3 is 0 Å². The van der Waals surface area contributed by atoms with Crippen molar-refractivity contribution < 1.29 is 14.7 Å². The molecule has 3 aromatic rings. The Kier molecular flexibility index (Phi) is 8.44. The van der Waals surface area contributed by atoms with Crippen molar-refractivity contribution in [2.75, 3.05) is 23.7 Å². The monoisotopic (exact) mass is 545 g/mol. The highest BCUT2D eigenvalue weighted by Gasteiger charge is 2.30. The number of rotatable bonds is 10. The standard InChI is InChI=1S/C30H39N7O3/c1-4-27(40)36-12-11-22(18-36)26(39)14-20-7-5-8-21(13-20)16-31-30-35-29(33-23-9-6-10-24(38)15-23)34-28-25(19(2)3)17-32-37(28)30/h4-5,7-8,13,17,19,22-24,38H,1,6,9-12,14-16,18H2,2-3H3,(H2,31,33,34,35). The van der Waals surface area contributed by atoms with Crippen LogP contribution >= 0.6 is 0 Å². The molecule has 0 spiro atoms. The van der Waals surface area contributed by atoms with Crippen molar-refractivity contribution in [3.05, 3.63) is 59.8 Å². The summed E-state index contributed by atoms with van der Waals surface area (Å²) in [6.07, 6.45) is 7.35. The molecule has 212 valence electrons. The van der Waals surface area contributed by atoms with E-state index < -0.39 is 0 Å². The van der Waals surface area contributed by atoms with E-state index in [2.05, 4.69) is 36.2 Å². The van der Waals surface area contributed by atoms with Crippen LogP contribution in [0.15, 0.2) is 43.1 Å². The van der Waals surface area contributed by atoms with Gasteiger partial charge in [-0.3, -0.25) is 9.59 Å². The van der Waals surface area contributed by atoms with E-state index in [1.807, 2.05) is 30.5 Å². The molecule has 0 radical (unpaired) electrons. The minimum Gasteiger partial charge on any atom is -0.393 e. The molecule has 3 unspecified atom stereocenters. The van der Waals surface area contributed by atoms with Crippen molar-refractivity contribution in [2.45, 2.75) is 77.0 Å². The van der Waals surface area contributed by atoms with E-state index in [9.17, 15) is 14.7 Å². The summed E-state index contributed by atoms with van der Waals surface area (Å²) in [6.45, 7) is 9.34. The molecular weight excluding hydrogens is 506 g/mol. The molecule has 2 fully saturated rings. The number of aliphatic hydroxyl groups excluding tert-OH is 1. The van der Waals surface area contributed by atoms with Gasteiger partial charge in [0.25, 0.3) is 0 Å². The maximum absolute atomic E-state index is 13.0. The minimum absolute atomic E-state index is 0.116. The smallest absolute Gasteiger partial charge is 0.245 e. The Morgan fingerprint density at radius 1 is 1.20 bits per heavy atom. The number of carbonyl (C=O) groups is 2. The molecular formula is C30H39N7O3. The quantitative estimate of drug-likeness (QED) is 0.329. The highest BCUT2D eigenvalue weighted by atomic mass is 16.3. The first-order chi connectivity index (χ1) is 19.3. The summed E-state index contributed by atoms with van der Waals surface area (Å²) in [4.78, 5) is 36.1. The van der Waals surface area contributed by atoms with Gasteiger partial charge in [0.2, 0.25) is 17.8 Å². The maximum Gasteiger partial charge on any atom is 0.245 e. The molecule has 2 aromatic heterocycles. The average Bonchev–Trinajstić information content (AvgIpc) is 3.60. The molecule has 1 amide bonds. The van der Waals surface area contributed by atoms with Gasteiger partial charge in [0.15, 0.2) is 5.65 Å². The number of hydrogen-bond acceptors (Lipinski definition) is 8. The number of anilines is 2. The predicted octanol–water partition coefficient (Wildman–Crippen LogP) is 3.72. The Balaban J connectivity index is 1.29. The van der Waals surface area contributed by atoms with Crippen LogP contribution in [-0.2, 0) is 22.6 Å². The molecule has 3 heterocycles. The second-order valence-electron chi connectivity index (χ2n) is 11.3. The molecule has 1 aromatic carbocycles. The predicted molar refractivity (Wildman–Crippen MR) is 154 cm³/mol. The first kappa shape index (κ1) is 27.8. The van der Waals surface area contributed by atoms with Crippen molar-refractivity contribution in [3.63, 3.8) is 0 Å². The molecule has 10 heteroatoms. The van der Waals surface area contributed by atoms with Crippen LogP contribution in [0.3, 0.4) is 0 Å². The second-order valence-corrected chi connectivity index (χ2v) is 11.3. The number of ketones is 1. The summed E-state index contributed by atoms with van der Waals surface area (Å²) in [5.74, 6) is 1.26. The first-order valence-corrected chi connectivity index (χ1v) is 14.3. The zero-order chi connectivity index (χ0) is 28.2. The highest BCUT2D eigenvalue weighted by Crippen LogP contribution is 2.25. The summed E-state index contributed by atoms with van der Waals surface area (Å²) < 4.78 is 1.74. The average molecular weight is 546 g/mol.